The van der Waals surface area contributed by atoms with Crippen LogP contribution in [-0.2, 0) is 13.0 Å². The first-order chi connectivity index (χ1) is 13.1. The van der Waals surface area contributed by atoms with Crippen molar-refractivity contribution < 1.29 is 9.59 Å². The van der Waals surface area contributed by atoms with Crippen LogP contribution in [0.25, 0.3) is 0 Å². The van der Waals surface area contributed by atoms with E-state index in [0.29, 0.717) is 31.9 Å². The maximum Gasteiger partial charge on any atom is 0.321 e. The molecule has 1 aromatic heterocycles. The second kappa shape index (κ2) is 7.42. The smallest absolute Gasteiger partial charge is 0.321 e. The van der Waals surface area contributed by atoms with Crippen molar-refractivity contribution in [3.8, 4) is 0 Å². The number of rotatable bonds is 2. The van der Waals surface area contributed by atoms with Crippen molar-refractivity contribution in [3.63, 3.8) is 0 Å². The second-order valence-electron chi connectivity index (χ2n) is 7.28. The zero-order valence-corrected chi connectivity index (χ0v) is 15.6. The Morgan fingerprint density at radius 1 is 1.00 bits per heavy atom. The quantitative estimate of drug-likeness (QED) is 0.887. The first kappa shape index (κ1) is 17.6. The molecule has 2 aliphatic rings. The topological polar surface area (TPSA) is 70.5 Å². The molecule has 1 fully saturated rings. The van der Waals surface area contributed by atoms with Crippen LogP contribution >= 0.6 is 0 Å². The number of benzene rings is 1. The highest BCUT2D eigenvalue weighted by Crippen LogP contribution is 2.17. The number of carbonyl (C=O) groups excluding carboxylic acids is 2. The van der Waals surface area contributed by atoms with Crippen LogP contribution in [0.3, 0.4) is 0 Å². The van der Waals surface area contributed by atoms with E-state index in [1.54, 1.807) is 9.80 Å². The highest BCUT2D eigenvalue weighted by Gasteiger charge is 2.27. The largest absolute Gasteiger partial charge is 0.334 e. The Hall–Kier alpha value is -2.83. The molecule has 0 aliphatic carbocycles. The van der Waals surface area contributed by atoms with Gasteiger partial charge in [0.25, 0.3) is 5.91 Å². The van der Waals surface area contributed by atoms with Crippen LogP contribution in [0.4, 0.5) is 10.5 Å². The summed E-state index contributed by atoms with van der Waals surface area (Å²) in [4.78, 5) is 28.8. The van der Waals surface area contributed by atoms with Crippen molar-refractivity contribution >= 4 is 17.6 Å². The number of carbonyl (C=O) groups is 2. The molecule has 0 bridgehead atoms. The monoisotopic (exact) mass is 367 g/mol. The predicted octanol–water partition coefficient (Wildman–Crippen LogP) is 2.52. The van der Waals surface area contributed by atoms with Crippen LogP contribution in [0, 0.1) is 6.92 Å². The van der Waals surface area contributed by atoms with E-state index in [9.17, 15) is 9.59 Å². The molecule has 7 heteroatoms. The Bertz CT molecular complexity index is 828. The molecule has 0 spiro atoms. The molecule has 1 aromatic carbocycles. The molecule has 3 amide bonds. The van der Waals surface area contributed by atoms with Crippen LogP contribution < -0.4 is 5.32 Å². The van der Waals surface area contributed by atoms with Gasteiger partial charge in [-0.15, -0.1) is 0 Å². The van der Waals surface area contributed by atoms with Gasteiger partial charge in [0.05, 0.1) is 0 Å². The molecule has 3 heterocycles. The number of anilines is 1. The van der Waals surface area contributed by atoms with Crippen molar-refractivity contribution in [2.75, 3.05) is 31.5 Å². The van der Waals surface area contributed by atoms with Gasteiger partial charge in [0.1, 0.15) is 0 Å². The van der Waals surface area contributed by atoms with E-state index < -0.39 is 0 Å². The molecule has 7 nitrogen and oxygen atoms in total. The van der Waals surface area contributed by atoms with E-state index >= 15 is 0 Å². The lowest BCUT2D eigenvalue weighted by Crippen LogP contribution is -2.51. The Kier molecular flexibility index (Phi) is 4.83. The highest BCUT2D eigenvalue weighted by atomic mass is 16.2. The van der Waals surface area contributed by atoms with Gasteiger partial charge in [0.15, 0.2) is 5.69 Å². The number of nitrogens with one attached hydrogen (secondary N) is 1. The van der Waals surface area contributed by atoms with Gasteiger partial charge in [-0.1, -0.05) is 12.1 Å². The zero-order chi connectivity index (χ0) is 18.8. The Labute approximate surface area is 158 Å². The standard InChI is InChI=1S/C20H25N5O2/c1-15-5-4-6-16(13-15)21-20(27)24-11-9-23(10-12-24)19(26)18-14-17-7-2-3-8-25(17)22-18/h4-6,13-14H,2-3,7-12H2,1H3,(H,21,27). The van der Waals surface area contributed by atoms with Crippen LogP contribution in [0.15, 0.2) is 30.3 Å². The van der Waals surface area contributed by atoms with Crippen molar-refractivity contribution in [3.05, 3.63) is 47.3 Å². The molecule has 27 heavy (non-hydrogen) atoms. The average molecular weight is 367 g/mol. The summed E-state index contributed by atoms with van der Waals surface area (Å²) in [5.41, 5.74) is 3.58. The van der Waals surface area contributed by atoms with E-state index in [4.69, 9.17) is 0 Å². The van der Waals surface area contributed by atoms with Crippen LogP contribution in [0.2, 0.25) is 0 Å². The van der Waals surface area contributed by atoms with Gasteiger partial charge in [0, 0.05) is 44.1 Å². The molecule has 1 N–H and O–H groups in total. The number of nitrogens with zero attached hydrogens (tertiary/aromatic N) is 4. The van der Waals surface area contributed by atoms with E-state index in [1.807, 2.05) is 41.9 Å². The molecule has 1 saturated heterocycles. The summed E-state index contributed by atoms with van der Waals surface area (Å²) in [5.74, 6) is -0.0318. The SMILES string of the molecule is Cc1cccc(NC(=O)N2CCN(C(=O)c3cc4n(n3)CCCC4)CC2)c1. The maximum atomic E-state index is 12.8. The number of piperazine rings is 1. The number of urea groups is 1. The fourth-order valence-electron chi connectivity index (χ4n) is 3.72. The van der Waals surface area contributed by atoms with Gasteiger partial charge in [-0.05, 0) is 49.9 Å². The van der Waals surface area contributed by atoms with Gasteiger partial charge < -0.3 is 15.1 Å². The second-order valence-corrected chi connectivity index (χ2v) is 7.28. The summed E-state index contributed by atoms with van der Waals surface area (Å²) in [6.07, 6.45) is 3.28. The third-order valence-corrected chi connectivity index (χ3v) is 5.26. The van der Waals surface area contributed by atoms with Gasteiger partial charge >= 0.3 is 6.03 Å². The van der Waals surface area contributed by atoms with Gasteiger partial charge in [0.2, 0.25) is 0 Å². The molecule has 0 radical (unpaired) electrons. The summed E-state index contributed by atoms with van der Waals surface area (Å²) in [6, 6.07) is 9.55. The number of fused-ring (bicyclic) bond motifs is 1. The fraction of sp³-hybridized carbons (Fsp3) is 0.450. The van der Waals surface area contributed by atoms with Crippen molar-refractivity contribution in [1.29, 1.82) is 0 Å². The molecule has 2 aliphatic heterocycles. The zero-order valence-electron chi connectivity index (χ0n) is 15.6. The van der Waals surface area contributed by atoms with E-state index in [1.165, 1.54) is 0 Å². The Balaban J connectivity index is 1.33. The summed E-state index contributed by atoms with van der Waals surface area (Å²) in [5, 5.41) is 7.41. The normalized spacial score (nSPS) is 16.8. The van der Waals surface area contributed by atoms with Crippen molar-refractivity contribution in [1.82, 2.24) is 19.6 Å². The van der Waals surface area contributed by atoms with Crippen LogP contribution in [0.5, 0.6) is 0 Å². The van der Waals surface area contributed by atoms with E-state index in [2.05, 4.69) is 10.4 Å². The molecular weight excluding hydrogens is 342 g/mol. The number of hydrogen-bond acceptors (Lipinski definition) is 3. The van der Waals surface area contributed by atoms with Crippen molar-refractivity contribution in [2.24, 2.45) is 0 Å². The number of hydrogen-bond donors (Lipinski definition) is 1. The van der Waals surface area contributed by atoms with Crippen molar-refractivity contribution in [2.45, 2.75) is 32.7 Å². The fourth-order valence-corrected chi connectivity index (χ4v) is 3.72. The number of amides is 3. The Morgan fingerprint density at radius 2 is 1.78 bits per heavy atom. The van der Waals surface area contributed by atoms with Gasteiger partial charge in [-0.2, -0.15) is 5.10 Å². The number of aryl methyl sites for hydroxylation is 3. The Morgan fingerprint density at radius 3 is 2.52 bits per heavy atom. The molecule has 2 aromatic rings. The molecule has 0 saturated carbocycles. The summed E-state index contributed by atoms with van der Waals surface area (Å²) >= 11 is 0. The lowest BCUT2D eigenvalue weighted by molar-refractivity contribution is 0.0665. The third kappa shape index (κ3) is 3.82. The summed E-state index contributed by atoms with van der Waals surface area (Å²) in [7, 11) is 0. The van der Waals surface area contributed by atoms with E-state index in [0.717, 1.165) is 42.8 Å². The molecule has 0 atom stereocenters. The number of aromatic nitrogens is 2. The molecule has 142 valence electrons. The van der Waals surface area contributed by atoms with Gasteiger partial charge in [-0.3, -0.25) is 9.48 Å². The summed E-state index contributed by atoms with van der Waals surface area (Å²) < 4.78 is 1.96. The first-order valence-electron chi connectivity index (χ1n) is 9.59. The lowest BCUT2D eigenvalue weighted by atomic mass is 10.1. The lowest BCUT2D eigenvalue weighted by Gasteiger charge is -2.34. The minimum Gasteiger partial charge on any atom is -0.334 e. The van der Waals surface area contributed by atoms with Gasteiger partial charge in [-0.25, -0.2) is 4.79 Å². The van der Waals surface area contributed by atoms with Crippen LogP contribution in [-0.4, -0.2) is 57.7 Å². The molecule has 0 unspecified atom stereocenters. The molecular formula is C20H25N5O2. The molecule has 4 rings (SSSR count). The predicted molar refractivity (Wildman–Crippen MR) is 103 cm³/mol. The summed E-state index contributed by atoms with van der Waals surface area (Å²) in [6.45, 7) is 5.00. The minimum absolute atomic E-state index is 0.0318. The minimum atomic E-state index is -0.120. The highest BCUT2D eigenvalue weighted by molar-refractivity contribution is 5.93. The third-order valence-electron chi connectivity index (χ3n) is 5.26. The first-order valence-corrected chi connectivity index (χ1v) is 9.59. The average Bonchev–Trinajstić information content (AvgIpc) is 3.12. The maximum absolute atomic E-state index is 12.8. The van der Waals surface area contributed by atoms with E-state index in [-0.39, 0.29) is 11.9 Å². The van der Waals surface area contributed by atoms with Crippen LogP contribution in [0.1, 0.15) is 34.6 Å².